The summed E-state index contributed by atoms with van der Waals surface area (Å²) >= 11 is 0. The third-order valence-corrected chi connectivity index (χ3v) is 5.26. The Labute approximate surface area is 195 Å². The predicted octanol–water partition coefficient (Wildman–Crippen LogP) is 2.68. The number of hydrogen-bond donors (Lipinski definition) is 1. The maximum Gasteiger partial charge on any atom is 0.231 e. The number of hydrogen-bond acceptors (Lipinski definition) is 9. The Morgan fingerprint density at radius 3 is 2.38 bits per heavy atom. The van der Waals surface area contributed by atoms with Gasteiger partial charge in [-0.1, -0.05) is 0 Å². The van der Waals surface area contributed by atoms with Crippen molar-refractivity contribution in [2.75, 3.05) is 21.3 Å². The van der Waals surface area contributed by atoms with E-state index in [0.717, 1.165) is 0 Å². The van der Waals surface area contributed by atoms with Gasteiger partial charge in [-0.05, 0) is 13.0 Å². The molecule has 4 aromatic rings. The molecule has 176 valence electrons. The van der Waals surface area contributed by atoms with Crippen molar-refractivity contribution in [3.05, 3.63) is 54.4 Å². The van der Waals surface area contributed by atoms with Crippen LogP contribution in [0.1, 0.15) is 24.1 Å². The molecular formula is C23H24N6O5. The van der Waals surface area contributed by atoms with Gasteiger partial charge in [0.15, 0.2) is 17.2 Å². The molecule has 1 atom stereocenters. The van der Waals surface area contributed by atoms with E-state index in [4.69, 9.17) is 24.7 Å². The van der Waals surface area contributed by atoms with Gasteiger partial charge < -0.3 is 24.7 Å². The highest BCUT2D eigenvalue weighted by Gasteiger charge is 2.27. The molecule has 0 aliphatic carbocycles. The SMILES string of the molecule is CCn1cc(C(C(N)=O)c2ncc(Oc3ncnc4cc(OC)c(OC)cc34)cc2OC)cn1. The van der Waals surface area contributed by atoms with Gasteiger partial charge in [0.2, 0.25) is 11.8 Å². The summed E-state index contributed by atoms with van der Waals surface area (Å²) in [5.74, 6) is 0.622. The summed E-state index contributed by atoms with van der Waals surface area (Å²) < 4.78 is 24.0. The molecule has 0 aliphatic heterocycles. The van der Waals surface area contributed by atoms with Gasteiger partial charge in [0.25, 0.3) is 0 Å². The molecule has 0 spiro atoms. The van der Waals surface area contributed by atoms with Crippen molar-refractivity contribution in [2.45, 2.75) is 19.4 Å². The molecule has 1 unspecified atom stereocenters. The zero-order chi connectivity index (χ0) is 24.2. The molecule has 0 fully saturated rings. The normalized spacial score (nSPS) is 11.8. The lowest BCUT2D eigenvalue weighted by Crippen LogP contribution is -2.23. The van der Waals surface area contributed by atoms with Crippen molar-refractivity contribution in [3.8, 4) is 28.9 Å². The number of fused-ring (bicyclic) bond motifs is 1. The topological polar surface area (TPSA) is 136 Å². The van der Waals surface area contributed by atoms with Crippen LogP contribution in [-0.4, -0.2) is 52.0 Å². The fourth-order valence-electron chi connectivity index (χ4n) is 3.58. The van der Waals surface area contributed by atoms with Crippen molar-refractivity contribution in [2.24, 2.45) is 5.73 Å². The Kier molecular flexibility index (Phi) is 6.44. The molecular weight excluding hydrogens is 440 g/mol. The minimum atomic E-state index is -0.832. The molecule has 1 amide bonds. The van der Waals surface area contributed by atoms with Crippen LogP contribution in [0.4, 0.5) is 0 Å². The number of ether oxygens (including phenoxy) is 4. The molecule has 0 radical (unpaired) electrons. The number of nitrogens with zero attached hydrogens (tertiary/aromatic N) is 5. The molecule has 4 rings (SSSR count). The van der Waals surface area contributed by atoms with E-state index in [0.29, 0.717) is 57.6 Å². The lowest BCUT2D eigenvalue weighted by Gasteiger charge is -2.16. The van der Waals surface area contributed by atoms with Gasteiger partial charge in [-0.15, -0.1) is 0 Å². The fourth-order valence-corrected chi connectivity index (χ4v) is 3.58. The van der Waals surface area contributed by atoms with E-state index >= 15 is 0 Å². The number of benzene rings is 1. The lowest BCUT2D eigenvalue weighted by atomic mass is 9.96. The van der Waals surface area contributed by atoms with Crippen LogP contribution in [0.15, 0.2) is 43.1 Å². The first-order valence-electron chi connectivity index (χ1n) is 10.4. The van der Waals surface area contributed by atoms with Crippen molar-refractivity contribution in [1.82, 2.24) is 24.7 Å². The Balaban J connectivity index is 1.72. The first-order chi connectivity index (χ1) is 16.5. The van der Waals surface area contributed by atoms with Gasteiger partial charge in [0, 0.05) is 30.4 Å². The van der Waals surface area contributed by atoms with Gasteiger partial charge >= 0.3 is 0 Å². The first kappa shape index (κ1) is 22.8. The highest BCUT2D eigenvalue weighted by molar-refractivity contribution is 5.87. The summed E-state index contributed by atoms with van der Waals surface area (Å²) in [7, 11) is 4.57. The number of carbonyl (C=O) groups is 1. The third kappa shape index (κ3) is 4.27. The van der Waals surface area contributed by atoms with E-state index in [-0.39, 0.29) is 0 Å². The van der Waals surface area contributed by atoms with Gasteiger partial charge in [-0.2, -0.15) is 5.10 Å². The molecule has 1 aromatic carbocycles. The second-order valence-electron chi connectivity index (χ2n) is 7.23. The zero-order valence-corrected chi connectivity index (χ0v) is 19.2. The summed E-state index contributed by atoms with van der Waals surface area (Å²) in [5.41, 5.74) is 7.30. The van der Waals surface area contributed by atoms with Crippen LogP contribution in [0.5, 0.6) is 28.9 Å². The number of nitrogens with two attached hydrogens (primary N) is 1. The van der Waals surface area contributed by atoms with Gasteiger partial charge in [-0.3, -0.25) is 14.5 Å². The summed E-state index contributed by atoms with van der Waals surface area (Å²) in [6, 6.07) is 5.09. The van der Waals surface area contributed by atoms with E-state index in [2.05, 4.69) is 20.1 Å². The molecule has 3 aromatic heterocycles. The van der Waals surface area contributed by atoms with Crippen LogP contribution in [0.2, 0.25) is 0 Å². The molecule has 34 heavy (non-hydrogen) atoms. The minimum absolute atomic E-state index is 0.290. The molecule has 11 nitrogen and oxygen atoms in total. The quantitative estimate of drug-likeness (QED) is 0.396. The standard InChI is InChI=1S/C23H24N6O5/c1-5-29-11-13(9-28-29)20(22(24)30)21-19(33-4)6-14(10-25-21)34-23-15-7-17(31-2)18(32-3)8-16(15)26-12-27-23/h6-12,20H,5H2,1-4H3,(H2,24,30). The number of amides is 1. The molecule has 0 aliphatic rings. The number of carbonyl (C=O) groups excluding carboxylic acids is 1. The van der Waals surface area contributed by atoms with Crippen LogP contribution in [-0.2, 0) is 11.3 Å². The van der Waals surface area contributed by atoms with Crippen molar-refractivity contribution in [1.29, 1.82) is 0 Å². The number of methoxy groups -OCH3 is 3. The van der Waals surface area contributed by atoms with Crippen LogP contribution < -0.4 is 24.7 Å². The molecule has 2 N–H and O–H groups in total. The Morgan fingerprint density at radius 1 is 1.00 bits per heavy atom. The molecule has 11 heteroatoms. The van der Waals surface area contributed by atoms with E-state index < -0.39 is 11.8 Å². The number of rotatable bonds is 9. The summed E-state index contributed by atoms with van der Waals surface area (Å²) in [4.78, 5) is 25.3. The molecule has 0 saturated heterocycles. The van der Waals surface area contributed by atoms with Crippen molar-refractivity contribution >= 4 is 16.8 Å². The van der Waals surface area contributed by atoms with Crippen molar-refractivity contribution in [3.63, 3.8) is 0 Å². The average molecular weight is 464 g/mol. The maximum atomic E-state index is 12.3. The van der Waals surface area contributed by atoms with Crippen LogP contribution in [0, 0.1) is 0 Å². The Bertz CT molecular complexity index is 1340. The highest BCUT2D eigenvalue weighted by atomic mass is 16.5. The highest BCUT2D eigenvalue weighted by Crippen LogP contribution is 2.37. The molecule has 0 bridgehead atoms. The van der Waals surface area contributed by atoms with Crippen molar-refractivity contribution < 1.29 is 23.7 Å². The lowest BCUT2D eigenvalue weighted by molar-refractivity contribution is -0.118. The minimum Gasteiger partial charge on any atom is -0.495 e. The predicted molar refractivity (Wildman–Crippen MR) is 122 cm³/mol. The second kappa shape index (κ2) is 9.61. The second-order valence-corrected chi connectivity index (χ2v) is 7.23. The molecule has 0 saturated carbocycles. The summed E-state index contributed by atoms with van der Waals surface area (Å²) in [6.45, 7) is 2.61. The number of pyridine rings is 1. The van der Waals surface area contributed by atoms with E-state index in [1.807, 2.05) is 6.92 Å². The Morgan fingerprint density at radius 2 is 1.74 bits per heavy atom. The fraction of sp³-hybridized carbons (Fsp3) is 0.261. The van der Waals surface area contributed by atoms with Crippen LogP contribution in [0.25, 0.3) is 10.9 Å². The average Bonchev–Trinajstić information content (AvgIpc) is 3.32. The largest absolute Gasteiger partial charge is 0.495 e. The zero-order valence-electron chi connectivity index (χ0n) is 19.2. The van der Waals surface area contributed by atoms with E-state index in [9.17, 15) is 4.79 Å². The van der Waals surface area contributed by atoms with Crippen LogP contribution in [0.3, 0.4) is 0 Å². The number of aryl methyl sites for hydroxylation is 1. The summed E-state index contributed by atoms with van der Waals surface area (Å²) in [6.07, 6.45) is 6.22. The smallest absolute Gasteiger partial charge is 0.231 e. The van der Waals surface area contributed by atoms with Crippen LogP contribution >= 0.6 is 0 Å². The third-order valence-electron chi connectivity index (χ3n) is 5.26. The number of aromatic nitrogens is 5. The number of primary amides is 1. The van der Waals surface area contributed by atoms with E-state index in [1.54, 1.807) is 49.5 Å². The van der Waals surface area contributed by atoms with Gasteiger partial charge in [-0.25, -0.2) is 9.97 Å². The monoisotopic (exact) mass is 464 g/mol. The Hall–Kier alpha value is -4.41. The van der Waals surface area contributed by atoms with Gasteiger partial charge in [0.05, 0.1) is 50.3 Å². The molecule has 3 heterocycles. The maximum absolute atomic E-state index is 12.3. The summed E-state index contributed by atoms with van der Waals surface area (Å²) in [5, 5.41) is 4.85. The van der Waals surface area contributed by atoms with Gasteiger partial charge in [0.1, 0.15) is 18.0 Å². The first-order valence-corrected chi connectivity index (χ1v) is 10.4. The van der Waals surface area contributed by atoms with E-state index in [1.165, 1.54) is 19.6 Å².